The molecule has 0 aliphatic heterocycles. The molecule has 66 valence electrons. The van der Waals surface area contributed by atoms with Crippen LogP contribution in [0.5, 0.6) is 0 Å². The molecule has 0 amide bonds. The molecule has 1 aliphatic rings. The predicted molar refractivity (Wildman–Crippen MR) is 43.6 cm³/mol. The summed E-state index contributed by atoms with van der Waals surface area (Å²) >= 11 is 0. The first kappa shape index (κ1) is 7.73. The summed E-state index contributed by atoms with van der Waals surface area (Å²) in [5, 5.41) is 3.78. The van der Waals surface area contributed by atoms with Crippen molar-refractivity contribution in [1.29, 1.82) is 0 Å². The molecule has 0 bridgehead atoms. The number of nitrogens with zero attached hydrogens (tertiary/aromatic N) is 2. The van der Waals surface area contributed by atoms with Crippen molar-refractivity contribution in [3.05, 3.63) is 11.7 Å². The quantitative estimate of drug-likeness (QED) is 0.721. The van der Waals surface area contributed by atoms with Crippen LogP contribution in [0.2, 0.25) is 0 Å². The van der Waals surface area contributed by atoms with Gasteiger partial charge >= 0.3 is 0 Å². The van der Waals surface area contributed by atoms with Crippen LogP contribution in [0.25, 0.3) is 0 Å². The van der Waals surface area contributed by atoms with Crippen molar-refractivity contribution in [3.63, 3.8) is 0 Å². The van der Waals surface area contributed by atoms with Gasteiger partial charge in [-0.05, 0) is 32.7 Å². The van der Waals surface area contributed by atoms with Gasteiger partial charge in [-0.1, -0.05) is 5.16 Å². The van der Waals surface area contributed by atoms with Crippen molar-refractivity contribution >= 4 is 0 Å². The Morgan fingerprint density at radius 3 is 2.75 bits per heavy atom. The van der Waals surface area contributed by atoms with Gasteiger partial charge in [0.05, 0.1) is 5.41 Å². The molecule has 0 spiro atoms. The minimum atomic E-state index is 0.149. The molecule has 1 fully saturated rings. The van der Waals surface area contributed by atoms with Gasteiger partial charge in [-0.3, -0.25) is 0 Å². The molecule has 0 atom stereocenters. The molecule has 0 saturated heterocycles. The fourth-order valence-corrected chi connectivity index (χ4v) is 1.51. The number of hydrogen-bond donors (Lipinski definition) is 1. The summed E-state index contributed by atoms with van der Waals surface area (Å²) in [6.07, 6.45) is 3.26. The number of rotatable bonds is 3. The average molecular weight is 167 g/mol. The largest absolute Gasteiger partial charge is 0.339 e. The van der Waals surface area contributed by atoms with Crippen LogP contribution in [0.1, 0.15) is 31.0 Å². The van der Waals surface area contributed by atoms with Gasteiger partial charge in [0.15, 0.2) is 5.82 Å². The van der Waals surface area contributed by atoms with Gasteiger partial charge in [-0.2, -0.15) is 4.98 Å². The first-order chi connectivity index (χ1) is 5.77. The van der Waals surface area contributed by atoms with Gasteiger partial charge in [0.1, 0.15) is 0 Å². The molecule has 4 nitrogen and oxygen atoms in total. The highest BCUT2D eigenvalue weighted by Gasteiger charge is 2.48. The lowest BCUT2D eigenvalue weighted by Crippen LogP contribution is -2.13. The maximum atomic E-state index is 5.51. The second kappa shape index (κ2) is 2.55. The zero-order chi connectivity index (χ0) is 8.60. The summed E-state index contributed by atoms with van der Waals surface area (Å²) in [6, 6.07) is 0. The molecule has 0 radical (unpaired) electrons. The van der Waals surface area contributed by atoms with Crippen LogP contribution in [0.15, 0.2) is 4.52 Å². The van der Waals surface area contributed by atoms with Crippen LogP contribution in [0.4, 0.5) is 0 Å². The van der Waals surface area contributed by atoms with Crippen LogP contribution in [-0.2, 0) is 5.41 Å². The normalized spacial score (nSPS) is 19.5. The van der Waals surface area contributed by atoms with E-state index in [1.54, 1.807) is 0 Å². The number of hydrogen-bond acceptors (Lipinski definition) is 4. The summed E-state index contributed by atoms with van der Waals surface area (Å²) in [4.78, 5) is 4.23. The van der Waals surface area contributed by atoms with Crippen molar-refractivity contribution in [2.75, 3.05) is 6.54 Å². The van der Waals surface area contributed by atoms with Crippen LogP contribution < -0.4 is 5.73 Å². The molecule has 1 aromatic rings. The van der Waals surface area contributed by atoms with Crippen LogP contribution in [-0.4, -0.2) is 16.7 Å². The van der Waals surface area contributed by atoms with E-state index >= 15 is 0 Å². The highest BCUT2D eigenvalue weighted by molar-refractivity contribution is 5.15. The predicted octanol–water partition coefficient (Wildman–Crippen LogP) is 0.758. The van der Waals surface area contributed by atoms with Crippen molar-refractivity contribution < 1.29 is 4.52 Å². The lowest BCUT2D eigenvalue weighted by molar-refractivity contribution is 0.336. The molecular weight excluding hydrogens is 154 g/mol. The molecule has 4 heteroatoms. The zero-order valence-corrected chi connectivity index (χ0v) is 7.21. The third-order valence-electron chi connectivity index (χ3n) is 2.46. The van der Waals surface area contributed by atoms with Gasteiger partial charge in [0, 0.05) is 0 Å². The first-order valence-electron chi connectivity index (χ1n) is 4.28. The van der Waals surface area contributed by atoms with E-state index in [1.807, 2.05) is 6.92 Å². The molecule has 0 aromatic carbocycles. The van der Waals surface area contributed by atoms with Gasteiger partial charge in [-0.25, -0.2) is 0 Å². The summed E-state index contributed by atoms with van der Waals surface area (Å²) in [5.41, 5.74) is 5.66. The summed E-state index contributed by atoms with van der Waals surface area (Å²) in [5.74, 6) is 1.50. The lowest BCUT2D eigenvalue weighted by Gasteiger charge is -2.06. The van der Waals surface area contributed by atoms with Crippen LogP contribution >= 0.6 is 0 Å². The fraction of sp³-hybridized carbons (Fsp3) is 0.750. The standard InChI is InChI=1S/C8H13N3O/c1-6-10-7(12-11-6)8(2-3-8)4-5-9/h2-5,9H2,1H3. The van der Waals surface area contributed by atoms with Gasteiger partial charge < -0.3 is 10.3 Å². The molecule has 12 heavy (non-hydrogen) atoms. The summed E-state index contributed by atoms with van der Waals surface area (Å²) in [6.45, 7) is 2.53. The average Bonchev–Trinajstić information content (AvgIpc) is 2.69. The maximum absolute atomic E-state index is 5.51. The smallest absolute Gasteiger partial charge is 0.232 e. The SMILES string of the molecule is Cc1noc(C2(CCN)CC2)n1. The van der Waals surface area contributed by atoms with Crippen molar-refractivity contribution in [2.24, 2.45) is 5.73 Å². The molecule has 1 aliphatic carbocycles. The van der Waals surface area contributed by atoms with E-state index in [1.165, 1.54) is 0 Å². The Hall–Kier alpha value is -0.900. The molecule has 2 N–H and O–H groups in total. The third-order valence-corrected chi connectivity index (χ3v) is 2.46. The molecule has 1 saturated carbocycles. The lowest BCUT2D eigenvalue weighted by atomic mass is 10.0. The van der Waals surface area contributed by atoms with Crippen molar-refractivity contribution in [3.8, 4) is 0 Å². The number of aromatic nitrogens is 2. The first-order valence-corrected chi connectivity index (χ1v) is 4.28. The molecular formula is C8H13N3O. The summed E-state index contributed by atoms with van der Waals surface area (Å²) < 4.78 is 5.13. The number of nitrogens with two attached hydrogens (primary N) is 1. The van der Waals surface area contributed by atoms with E-state index in [-0.39, 0.29) is 5.41 Å². The second-order valence-electron chi connectivity index (χ2n) is 3.47. The molecule has 0 unspecified atom stereocenters. The minimum absolute atomic E-state index is 0.149. The van der Waals surface area contributed by atoms with E-state index in [2.05, 4.69) is 10.1 Å². The Bertz CT molecular complexity index is 278. The Kier molecular flexibility index (Phi) is 1.65. The van der Waals surface area contributed by atoms with Crippen molar-refractivity contribution in [2.45, 2.75) is 31.6 Å². The Balaban J connectivity index is 2.18. The van der Waals surface area contributed by atoms with Gasteiger partial charge in [0.2, 0.25) is 5.89 Å². The zero-order valence-electron chi connectivity index (χ0n) is 7.21. The maximum Gasteiger partial charge on any atom is 0.232 e. The monoisotopic (exact) mass is 167 g/mol. The van der Waals surface area contributed by atoms with E-state index in [0.717, 1.165) is 25.2 Å². The van der Waals surface area contributed by atoms with E-state index < -0.39 is 0 Å². The topological polar surface area (TPSA) is 64.9 Å². The van der Waals surface area contributed by atoms with E-state index in [4.69, 9.17) is 10.3 Å². The second-order valence-corrected chi connectivity index (χ2v) is 3.47. The van der Waals surface area contributed by atoms with Gasteiger partial charge in [-0.15, -0.1) is 0 Å². The van der Waals surface area contributed by atoms with Crippen LogP contribution in [0, 0.1) is 6.92 Å². The fourth-order valence-electron chi connectivity index (χ4n) is 1.51. The Morgan fingerprint density at radius 1 is 1.58 bits per heavy atom. The van der Waals surface area contributed by atoms with Crippen molar-refractivity contribution in [1.82, 2.24) is 10.1 Å². The molecule has 2 rings (SSSR count). The summed E-state index contributed by atoms with van der Waals surface area (Å²) in [7, 11) is 0. The third kappa shape index (κ3) is 1.12. The van der Waals surface area contributed by atoms with E-state index in [9.17, 15) is 0 Å². The Labute approximate surface area is 71.1 Å². The van der Waals surface area contributed by atoms with Crippen LogP contribution in [0.3, 0.4) is 0 Å². The molecule has 1 heterocycles. The minimum Gasteiger partial charge on any atom is -0.339 e. The highest BCUT2D eigenvalue weighted by atomic mass is 16.5. The Morgan fingerprint density at radius 2 is 2.33 bits per heavy atom. The number of aryl methyl sites for hydroxylation is 1. The molecule has 1 aromatic heterocycles. The van der Waals surface area contributed by atoms with Gasteiger partial charge in [0.25, 0.3) is 0 Å². The van der Waals surface area contributed by atoms with E-state index in [0.29, 0.717) is 12.4 Å². The highest BCUT2D eigenvalue weighted by Crippen LogP contribution is 2.49.